The van der Waals surface area contributed by atoms with Gasteiger partial charge in [-0.15, -0.1) is 5.10 Å². The lowest BCUT2D eigenvalue weighted by atomic mass is 9.91. The van der Waals surface area contributed by atoms with E-state index in [0.29, 0.717) is 24.2 Å². The van der Waals surface area contributed by atoms with E-state index in [1.807, 2.05) is 29.7 Å². The van der Waals surface area contributed by atoms with E-state index in [9.17, 15) is 22.4 Å². The number of aromatic nitrogens is 5. The Morgan fingerprint density at radius 3 is 2.46 bits per heavy atom. The Morgan fingerprint density at radius 2 is 1.77 bits per heavy atom. The highest BCUT2D eigenvalue weighted by molar-refractivity contribution is 5.95. The number of carbonyl (C=O) groups excluding carboxylic acids is 1. The summed E-state index contributed by atoms with van der Waals surface area (Å²) in [5.74, 6) is -4.40. The number of amides is 1. The van der Waals surface area contributed by atoms with Crippen LogP contribution < -0.4 is 4.90 Å². The second-order valence-corrected chi connectivity index (χ2v) is 10.5. The van der Waals surface area contributed by atoms with Crippen LogP contribution in [-0.2, 0) is 11.8 Å². The number of rotatable bonds is 4. The molecule has 0 spiro atoms. The fourth-order valence-corrected chi connectivity index (χ4v) is 6.10. The number of hydrogen-bond donors (Lipinski definition) is 0. The first-order valence-corrected chi connectivity index (χ1v) is 13.2. The molecule has 6 rings (SSSR count). The van der Waals surface area contributed by atoms with Crippen molar-refractivity contribution >= 4 is 22.6 Å². The number of piperidine rings is 1. The summed E-state index contributed by atoms with van der Waals surface area (Å²) >= 11 is 0. The maximum atomic E-state index is 14.2. The predicted octanol–water partition coefficient (Wildman–Crippen LogP) is 6.43. The molecule has 4 aromatic rings. The maximum absolute atomic E-state index is 14.2. The van der Waals surface area contributed by atoms with Gasteiger partial charge < -0.3 is 9.47 Å². The Balaban J connectivity index is 1.51. The van der Waals surface area contributed by atoms with Gasteiger partial charge in [0.2, 0.25) is 11.8 Å². The van der Waals surface area contributed by atoms with Gasteiger partial charge in [0.05, 0.1) is 28.5 Å². The number of nitrogens with zero attached hydrogens (tertiary/aromatic N) is 6. The number of hydrogen-bond acceptors (Lipinski definition) is 4. The largest absolute Gasteiger partial charge is 0.323 e. The lowest BCUT2D eigenvalue weighted by molar-refractivity contribution is -0.120. The van der Waals surface area contributed by atoms with Crippen molar-refractivity contribution in [1.29, 1.82) is 0 Å². The smallest absolute Gasteiger partial charge is 0.248 e. The van der Waals surface area contributed by atoms with Crippen LogP contribution in [0, 0.1) is 18.6 Å². The van der Waals surface area contributed by atoms with Gasteiger partial charge in [-0.05, 0) is 56.9 Å². The first kappa shape index (κ1) is 25.5. The molecule has 1 saturated heterocycles. The van der Waals surface area contributed by atoms with Crippen LogP contribution >= 0.6 is 0 Å². The number of benzene rings is 2. The molecule has 1 amide bonds. The minimum absolute atomic E-state index is 0.219. The Labute approximate surface area is 222 Å². The Kier molecular flexibility index (Phi) is 6.19. The van der Waals surface area contributed by atoms with E-state index in [0.717, 1.165) is 34.6 Å². The molecular formula is C28H28F4N6O. The van der Waals surface area contributed by atoms with Crippen molar-refractivity contribution in [2.24, 2.45) is 7.05 Å². The van der Waals surface area contributed by atoms with Gasteiger partial charge in [-0.2, -0.15) is 0 Å². The molecule has 0 bridgehead atoms. The van der Waals surface area contributed by atoms with Crippen molar-refractivity contribution in [3.63, 3.8) is 0 Å². The molecular weight excluding hydrogens is 512 g/mol. The average molecular weight is 541 g/mol. The topological polar surface area (TPSA) is 68.8 Å². The van der Waals surface area contributed by atoms with Crippen LogP contribution in [-0.4, -0.2) is 36.4 Å². The van der Waals surface area contributed by atoms with Crippen LogP contribution in [0.4, 0.5) is 23.2 Å². The van der Waals surface area contributed by atoms with Gasteiger partial charge in [-0.1, -0.05) is 11.3 Å². The van der Waals surface area contributed by atoms with Crippen LogP contribution in [0.3, 0.4) is 0 Å². The number of halogens is 4. The first-order valence-electron chi connectivity index (χ1n) is 13.2. The first-order chi connectivity index (χ1) is 18.6. The van der Waals surface area contributed by atoms with Crippen molar-refractivity contribution in [3.05, 3.63) is 59.6 Å². The molecule has 2 aliphatic rings. The van der Waals surface area contributed by atoms with E-state index in [2.05, 4.69) is 10.3 Å². The number of aryl methyl sites for hydroxylation is 2. The molecule has 39 heavy (non-hydrogen) atoms. The number of imidazole rings is 1. The number of alkyl halides is 2. The van der Waals surface area contributed by atoms with Crippen LogP contribution in [0.15, 0.2) is 36.4 Å². The second-order valence-electron chi connectivity index (χ2n) is 10.5. The molecule has 0 N–H and O–H groups in total. The molecule has 204 valence electrons. The standard InChI is InChI=1S/C28H28F4N6O/c1-16-26(36(2)35-34-16)17-6-9-23-22(14-17)33-27(38(23)18-10-12-28(31,32)13-11-18)24-4-3-5-25(39)37(24)19-7-8-20(29)21(30)15-19/h6-9,14-15,18,24H,3-5,10-13H2,1-2H3/t24-/m0/s1. The molecule has 1 saturated carbocycles. The van der Waals surface area contributed by atoms with Gasteiger partial charge in [0, 0.05) is 49.7 Å². The molecule has 1 atom stereocenters. The lowest BCUT2D eigenvalue weighted by Gasteiger charge is -2.37. The van der Waals surface area contributed by atoms with Crippen LogP contribution in [0.1, 0.15) is 68.5 Å². The third-order valence-electron chi connectivity index (χ3n) is 7.97. The van der Waals surface area contributed by atoms with Crippen molar-refractivity contribution in [1.82, 2.24) is 24.5 Å². The number of anilines is 1. The fourth-order valence-electron chi connectivity index (χ4n) is 6.10. The van der Waals surface area contributed by atoms with Gasteiger partial charge in [0.25, 0.3) is 0 Å². The summed E-state index contributed by atoms with van der Waals surface area (Å²) in [6.45, 7) is 1.87. The molecule has 7 nitrogen and oxygen atoms in total. The molecule has 3 heterocycles. The van der Waals surface area contributed by atoms with E-state index in [1.54, 1.807) is 11.7 Å². The fraction of sp³-hybridized carbons (Fsp3) is 0.429. The van der Waals surface area contributed by atoms with Crippen molar-refractivity contribution in [2.75, 3.05) is 4.90 Å². The highest BCUT2D eigenvalue weighted by Gasteiger charge is 2.40. The van der Waals surface area contributed by atoms with Crippen LogP contribution in [0.2, 0.25) is 0 Å². The summed E-state index contributed by atoms with van der Waals surface area (Å²) in [5, 5.41) is 8.23. The third-order valence-corrected chi connectivity index (χ3v) is 7.97. The zero-order valence-electron chi connectivity index (χ0n) is 21.7. The zero-order chi connectivity index (χ0) is 27.5. The van der Waals surface area contributed by atoms with E-state index in [4.69, 9.17) is 4.98 Å². The van der Waals surface area contributed by atoms with Gasteiger partial charge in [-0.3, -0.25) is 4.79 Å². The number of carbonyl (C=O) groups is 1. The van der Waals surface area contributed by atoms with Crippen molar-refractivity contribution in [2.45, 2.75) is 69.9 Å². The zero-order valence-corrected chi connectivity index (χ0v) is 21.7. The molecule has 11 heteroatoms. The second kappa shape index (κ2) is 9.46. The highest BCUT2D eigenvalue weighted by atomic mass is 19.3. The molecule has 0 radical (unpaired) electrons. The molecule has 2 fully saturated rings. The predicted molar refractivity (Wildman–Crippen MR) is 137 cm³/mol. The summed E-state index contributed by atoms with van der Waals surface area (Å²) in [4.78, 5) is 19.7. The molecule has 2 aromatic carbocycles. The number of fused-ring (bicyclic) bond motifs is 1. The SMILES string of the molecule is Cc1nnn(C)c1-c1ccc2c(c1)nc([C@@H]1CCCC(=O)N1c1ccc(F)c(F)c1)n2C1CCC(F)(F)CC1. The monoisotopic (exact) mass is 540 g/mol. The molecule has 0 unspecified atom stereocenters. The summed E-state index contributed by atoms with van der Waals surface area (Å²) in [6, 6.07) is 8.40. The van der Waals surface area contributed by atoms with E-state index in [1.165, 1.54) is 11.0 Å². The summed E-state index contributed by atoms with van der Waals surface area (Å²) < 4.78 is 59.9. The van der Waals surface area contributed by atoms with Crippen LogP contribution in [0.5, 0.6) is 0 Å². The molecule has 2 aromatic heterocycles. The summed E-state index contributed by atoms with van der Waals surface area (Å²) in [6.07, 6.45) is 1.49. The van der Waals surface area contributed by atoms with E-state index < -0.39 is 23.6 Å². The van der Waals surface area contributed by atoms with Gasteiger partial charge >= 0.3 is 0 Å². The maximum Gasteiger partial charge on any atom is 0.248 e. The lowest BCUT2D eigenvalue weighted by Crippen LogP contribution is -2.40. The minimum atomic E-state index is -2.71. The van der Waals surface area contributed by atoms with Gasteiger partial charge in [0.15, 0.2) is 11.6 Å². The Bertz CT molecular complexity index is 1550. The van der Waals surface area contributed by atoms with Crippen LogP contribution in [0.25, 0.3) is 22.3 Å². The van der Waals surface area contributed by atoms with Crippen molar-refractivity contribution in [3.8, 4) is 11.3 Å². The van der Waals surface area contributed by atoms with E-state index >= 15 is 0 Å². The highest BCUT2D eigenvalue weighted by Crippen LogP contribution is 2.44. The minimum Gasteiger partial charge on any atom is -0.323 e. The summed E-state index contributed by atoms with van der Waals surface area (Å²) in [7, 11) is 1.80. The average Bonchev–Trinajstić information content (AvgIpc) is 3.44. The molecule has 1 aliphatic heterocycles. The normalized spacial score (nSPS) is 20.2. The molecule has 1 aliphatic carbocycles. The Morgan fingerprint density at radius 1 is 1.00 bits per heavy atom. The van der Waals surface area contributed by atoms with Gasteiger partial charge in [-0.25, -0.2) is 27.2 Å². The quantitative estimate of drug-likeness (QED) is 0.280. The third kappa shape index (κ3) is 4.47. The van der Waals surface area contributed by atoms with Crippen molar-refractivity contribution < 1.29 is 22.4 Å². The Hall–Kier alpha value is -3.76. The van der Waals surface area contributed by atoms with E-state index in [-0.39, 0.29) is 49.7 Å². The summed E-state index contributed by atoms with van der Waals surface area (Å²) in [5.41, 5.74) is 4.13. The van der Waals surface area contributed by atoms with Gasteiger partial charge in [0.1, 0.15) is 5.82 Å².